The first-order valence-electron chi connectivity index (χ1n) is 7.30. The summed E-state index contributed by atoms with van der Waals surface area (Å²) >= 11 is 0. The van der Waals surface area contributed by atoms with Crippen LogP contribution >= 0.6 is 0 Å². The number of hydrogen-bond donors (Lipinski definition) is 2. The predicted molar refractivity (Wildman–Crippen MR) is 80.1 cm³/mol. The summed E-state index contributed by atoms with van der Waals surface area (Å²) in [4.78, 5) is 38.3. The largest absolute Gasteiger partial charge is 0.479 e. The van der Waals surface area contributed by atoms with Crippen molar-refractivity contribution in [3.8, 4) is 0 Å². The molecule has 2 rings (SSSR count). The normalized spacial score (nSPS) is 25.6. The quantitative estimate of drug-likeness (QED) is 0.568. The Kier molecular flexibility index (Phi) is 5.05. The molecule has 2 amide bonds. The zero-order valence-corrected chi connectivity index (χ0v) is 13.5. The smallest absolute Gasteiger partial charge is 0.331 e. The van der Waals surface area contributed by atoms with Crippen molar-refractivity contribution in [2.75, 3.05) is 13.1 Å². The molecule has 0 aromatic heterocycles. The van der Waals surface area contributed by atoms with Gasteiger partial charge in [-0.15, -0.1) is 0 Å². The first-order valence-corrected chi connectivity index (χ1v) is 8.37. The first-order chi connectivity index (χ1) is 10.8. The summed E-state index contributed by atoms with van der Waals surface area (Å²) < 4.78 is 22.3. The lowest BCUT2D eigenvalue weighted by Crippen LogP contribution is -2.54. The summed E-state index contributed by atoms with van der Waals surface area (Å²) in [6, 6.07) is -3.03. The Bertz CT molecular complexity index is 663. The van der Waals surface area contributed by atoms with Crippen molar-refractivity contribution in [3.63, 3.8) is 0 Å². The Labute approximate surface area is 134 Å². The van der Waals surface area contributed by atoms with Gasteiger partial charge in [0.25, 0.3) is 0 Å². The van der Waals surface area contributed by atoms with Crippen LogP contribution in [0.25, 0.3) is 0 Å². The van der Waals surface area contributed by atoms with Gasteiger partial charge >= 0.3 is 5.97 Å². The molecule has 0 unspecified atom stereocenters. The van der Waals surface area contributed by atoms with Crippen molar-refractivity contribution in [3.05, 3.63) is 0 Å². The van der Waals surface area contributed by atoms with Crippen LogP contribution in [0.1, 0.15) is 26.2 Å². The summed E-state index contributed by atoms with van der Waals surface area (Å²) in [5.41, 5.74) is 5.57. The minimum Gasteiger partial charge on any atom is -0.479 e. The monoisotopic (exact) mass is 345 g/mol. The maximum absolute atomic E-state index is 12.7. The molecule has 2 fully saturated rings. The van der Waals surface area contributed by atoms with Crippen molar-refractivity contribution < 1.29 is 27.9 Å². The zero-order chi connectivity index (χ0) is 17.3. The van der Waals surface area contributed by atoms with Gasteiger partial charge in [-0.25, -0.2) is 4.79 Å². The van der Waals surface area contributed by atoms with Crippen LogP contribution in [0.15, 0.2) is 0 Å². The van der Waals surface area contributed by atoms with Gasteiger partial charge in [-0.2, -0.15) is 8.42 Å². The summed E-state index contributed by atoms with van der Waals surface area (Å²) in [5.74, 6) is -2.30. The van der Waals surface area contributed by atoms with E-state index in [1.54, 1.807) is 0 Å². The van der Waals surface area contributed by atoms with E-state index >= 15 is 0 Å². The van der Waals surface area contributed by atoms with Gasteiger partial charge in [0.05, 0.1) is 10.9 Å². The predicted octanol–water partition coefficient (Wildman–Crippen LogP) is -1.94. The number of aliphatic carboxylic acids is 1. The Hall–Kier alpha value is -1.94. The second-order valence-corrected chi connectivity index (χ2v) is 6.70. The molecular formula is C13H19N3O6S. The summed E-state index contributed by atoms with van der Waals surface area (Å²) in [7, 11) is -2.66. The van der Waals surface area contributed by atoms with E-state index in [0.29, 0.717) is 19.4 Å². The van der Waals surface area contributed by atoms with Crippen LogP contribution in [-0.4, -0.2) is 77.2 Å². The molecule has 3 atom stereocenters. The van der Waals surface area contributed by atoms with Crippen LogP contribution in [0.4, 0.5) is 0 Å². The molecule has 23 heavy (non-hydrogen) atoms. The maximum atomic E-state index is 12.7. The number of nitrogens with two attached hydrogens (primary N) is 1. The Morgan fingerprint density at radius 3 is 2.43 bits per heavy atom. The molecule has 0 aromatic carbocycles. The number of carbonyl (C=O) groups is 3. The third-order valence-corrected chi connectivity index (χ3v) is 5.01. The fourth-order valence-electron chi connectivity index (χ4n) is 3.09. The van der Waals surface area contributed by atoms with E-state index in [-0.39, 0.29) is 23.7 Å². The Morgan fingerprint density at radius 1 is 1.26 bits per heavy atom. The van der Waals surface area contributed by atoms with Gasteiger partial charge in [0, 0.05) is 19.5 Å². The average molecular weight is 345 g/mol. The van der Waals surface area contributed by atoms with Crippen LogP contribution in [0.2, 0.25) is 0 Å². The molecule has 0 aliphatic carbocycles. The molecule has 2 heterocycles. The Balaban J connectivity index is 2.27. The molecule has 0 aromatic rings. The lowest BCUT2D eigenvalue weighted by molar-refractivity contribution is -0.150. The van der Waals surface area contributed by atoms with E-state index in [1.165, 1.54) is 11.8 Å². The molecule has 0 radical (unpaired) electrons. The van der Waals surface area contributed by atoms with Gasteiger partial charge in [-0.05, 0) is 19.8 Å². The number of hydrogen-bond acceptors (Lipinski definition) is 6. The van der Waals surface area contributed by atoms with E-state index in [0.717, 1.165) is 4.90 Å². The second kappa shape index (κ2) is 6.67. The highest BCUT2D eigenvalue weighted by Gasteiger charge is 2.45. The van der Waals surface area contributed by atoms with Gasteiger partial charge in [-0.3, -0.25) is 9.59 Å². The molecule has 0 spiro atoms. The van der Waals surface area contributed by atoms with Crippen molar-refractivity contribution >= 4 is 32.9 Å². The van der Waals surface area contributed by atoms with Crippen LogP contribution in [-0.2, 0) is 24.7 Å². The average Bonchev–Trinajstić information content (AvgIpc) is 3.12. The zero-order valence-electron chi connectivity index (χ0n) is 12.6. The number of rotatable bonds is 3. The summed E-state index contributed by atoms with van der Waals surface area (Å²) in [5, 5.41) is 9.27. The molecule has 10 heteroatoms. The number of likely N-dealkylation sites (tertiary alicyclic amines) is 2. The molecule has 3 N–H and O–H groups in total. The highest BCUT2D eigenvalue weighted by atomic mass is 32.2. The SMILES string of the molecule is C[C@H](N)C(=O)N1CCC[C@H]1C(=O)N1CCC(=S(=O)=O)[C@H]1C(=O)O. The van der Waals surface area contributed by atoms with Gasteiger partial charge in [0.2, 0.25) is 22.1 Å². The fraction of sp³-hybridized carbons (Fsp3) is 0.692. The van der Waals surface area contributed by atoms with Gasteiger partial charge < -0.3 is 20.6 Å². The molecule has 9 nitrogen and oxygen atoms in total. The minimum atomic E-state index is -2.66. The van der Waals surface area contributed by atoms with Gasteiger partial charge in [0.1, 0.15) is 6.04 Å². The van der Waals surface area contributed by atoms with E-state index < -0.39 is 40.3 Å². The van der Waals surface area contributed by atoms with Crippen LogP contribution in [0.5, 0.6) is 0 Å². The standard InChI is InChI=1S/C13H19N3O6S/c1-7(14)11(17)15-5-2-3-8(15)12(18)16-6-4-9(23(21)22)10(16)13(19)20/h7-8,10H,2-6,14H2,1H3,(H,19,20)/t7-,8-,10-/m0/s1. The maximum Gasteiger partial charge on any atom is 0.331 e. The van der Waals surface area contributed by atoms with E-state index in [2.05, 4.69) is 0 Å². The number of carboxylic acid groups (broad SMARTS) is 1. The van der Waals surface area contributed by atoms with E-state index in [9.17, 15) is 27.9 Å². The Morgan fingerprint density at radius 2 is 1.91 bits per heavy atom. The number of nitrogens with zero attached hydrogens (tertiary/aromatic N) is 2. The van der Waals surface area contributed by atoms with Crippen LogP contribution in [0, 0.1) is 0 Å². The van der Waals surface area contributed by atoms with Gasteiger partial charge in [-0.1, -0.05) is 0 Å². The minimum absolute atomic E-state index is 0.00717. The lowest BCUT2D eigenvalue weighted by atomic mass is 10.1. The number of amides is 2. The molecule has 2 aliphatic rings. The number of carboxylic acids is 1. The highest BCUT2D eigenvalue weighted by Crippen LogP contribution is 2.24. The molecule has 0 saturated carbocycles. The number of carbonyl (C=O) groups excluding carboxylic acids is 2. The highest BCUT2D eigenvalue weighted by molar-refractivity contribution is 7.73. The lowest BCUT2D eigenvalue weighted by Gasteiger charge is -2.30. The first kappa shape index (κ1) is 17.4. The van der Waals surface area contributed by atoms with Crippen molar-refractivity contribution in [2.24, 2.45) is 5.73 Å². The molecular weight excluding hydrogens is 326 g/mol. The van der Waals surface area contributed by atoms with Crippen molar-refractivity contribution in [1.82, 2.24) is 9.80 Å². The second-order valence-electron chi connectivity index (χ2n) is 5.70. The third kappa shape index (κ3) is 3.22. The summed E-state index contributed by atoms with van der Waals surface area (Å²) in [6.07, 6.45) is 1.02. The molecule has 2 aliphatic heterocycles. The van der Waals surface area contributed by atoms with Crippen LogP contribution in [0.3, 0.4) is 0 Å². The summed E-state index contributed by atoms with van der Waals surface area (Å²) in [6.45, 7) is 1.91. The van der Waals surface area contributed by atoms with Crippen molar-refractivity contribution in [2.45, 2.75) is 44.3 Å². The van der Waals surface area contributed by atoms with Gasteiger partial charge in [0.15, 0.2) is 6.04 Å². The van der Waals surface area contributed by atoms with Crippen molar-refractivity contribution in [1.29, 1.82) is 0 Å². The van der Waals surface area contributed by atoms with E-state index in [1.807, 2.05) is 0 Å². The fourth-order valence-corrected chi connectivity index (χ4v) is 3.76. The molecule has 0 bridgehead atoms. The third-order valence-electron chi connectivity index (χ3n) is 4.16. The molecule has 2 saturated heterocycles. The molecule has 128 valence electrons. The van der Waals surface area contributed by atoms with Crippen LogP contribution < -0.4 is 5.73 Å². The topological polar surface area (TPSA) is 138 Å². The van der Waals surface area contributed by atoms with E-state index in [4.69, 9.17) is 5.73 Å².